The maximum absolute atomic E-state index is 12.5. The van der Waals surface area contributed by atoms with Crippen LogP contribution in [0.2, 0.25) is 0 Å². The number of sulfonamides is 1. The molecule has 2 amide bonds. The predicted octanol–water partition coefficient (Wildman–Crippen LogP) is 2.10. The normalized spacial score (nSPS) is 13.6. The second-order valence-corrected chi connectivity index (χ2v) is 8.86. The number of nitrogens with one attached hydrogen (secondary N) is 2. The average molecular weight is 417 g/mol. The Morgan fingerprint density at radius 2 is 1.92 bits per heavy atom. The Kier molecular flexibility index (Phi) is 5.53. The van der Waals surface area contributed by atoms with Crippen LogP contribution in [0, 0.1) is 0 Å². The lowest BCUT2D eigenvalue weighted by Crippen LogP contribution is -2.35. The van der Waals surface area contributed by atoms with E-state index in [4.69, 9.17) is 9.47 Å². The first-order chi connectivity index (χ1) is 12.4. The van der Waals surface area contributed by atoms with Crippen LogP contribution in [0.1, 0.15) is 11.3 Å². The van der Waals surface area contributed by atoms with E-state index < -0.39 is 16.1 Å². The second kappa shape index (κ2) is 7.68. The van der Waals surface area contributed by atoms with Crippen molar-refractivity contribution in [3.05, 3.63) is 16.3 Å². The minimum atomic E-state index is -4.00. The SMILES string of the molecule is COc1cc(OC)nc(NC(=O)NS(=O)(=O)c2csc3c2SCCC3)n1. The number of anilines is 1. The number of aryl methyl sites for hydroxylation is 1. The third-order valence-corrected chi connectivity index (χ3v) is 7.48. The maximum Gasteiger partial charge on any atom is 0.335 e. The molecule has 0 aromatic carbocycles. The van der Waals surface area contributed by atoms with Crippen molar-refractivity contribution in [2.24, 2.45) is 0 Å². The van der Waals surface area contributed by atoms with Crippen LogP contribution in [0.25, 0.3) is 0 Å². The highest BCUT2D eigenvalue weighted by Gasteiger charge is 2.27. The summed E-state index contributed by atoms with van der Waals surface area (Å²) in [5, 5.41) is 3.83. The summed E-state index contributed by atoms with van der Waals surface area (Å²) in [6, 6.07) is 0.454. The number of fused-ring (bicyclic) bond motifs is 1. The van der Waals surface area contributed by atoms with Gasteiger partial charge in [-0.05, 0) is 18.6 Å². The molecule has 140 valence electrons. The lowest BCUT2D eigenvalue weighted by Gasteiger charge is -2.13. The predicted molar refractivity (Wildman–Crippen MR) is 97.8 cm³/mol. The van der Waals surface area contributed by atoms with Crippen LogP contribution in [0.3, 0.4) is 0 Å². The zero-order chi connectivity index (χ0) is 18.7. The van der Waals surface area contributed by atoms with Crippen molar-refractivity contribution >= 4 is 45.1 Å². The number of hydrogen-bond acceptors (Lipinski definition) is 9. The molecule has 1 aliphatic rings. The van der Waals surface area contributed by atoms with Crippen LogP contribution >= 0.6 is 23.1 Å². The molecule has 3 rings (SSSR count). The molecule has 0 bridgehead atoms. The van der Waals surface area contributed by atoms with Gasteiger partial charge in [0.2, 0.25) is 17.7 Å². The summed E-state index contributed by atoms with van der Waals surface area (Å²) in [6.45, 7) is 0. The molecule has 2 aromatic heterocycles. The number of rotatable bonds is 5. The highest BCUT2D eigenvalue weighted by molar-refractivity contribution is 8.00. The van der Waals surface area contributed by atoms with E-state index in [-0.39, 0.29) is 22.6 Å². The van der Waals surface area contributed by atoms with Gasteiger partial charge in [0.05, 0.1) is 20.3 Å². The van der Waals surface area contributed by atoms with E-state index in [0.29, 0.717) is 0 Å². The third kappa shape index (κ3) is 4.02. The molecule has 0 atom stereocenters. The molecule has 0 radical (unpaired) electrons. The van der Waals surface area contributed by atoms with Crippen molar-refractivity contribution in [2.45, 2.75) is 22.6 Å². The zero-order valence-electron chi connectivity index (χ0n) is 13.9. The van der Waals surface area contributed by atoms with Gasteiger partial charge in [-0.25, -0.2) is 17.9 Å². The van der Waals surface area contributed by atoms with Crippen LogP contribution < -0.4 is 19.5 Å². The number of carbonyl (C=O) groups excluding carboxylic acids is 1. The first-order valence-corrected chi connectivity index (χ1v) is 10.8. The van der Waals surface area contributed by atoms with E-state index >= 15 is 0 Å². The molecule has 3 heterocycles. The molecule has 0 fully saturated rings. The second-order valence-electron chi connectivity index (χ2n) is 5.14. The number of nitrogens with zero attached hydrogens (tertiary/aromatic N) is 2. The summed E-state index contributed by atoms with van der Waals surface area (Å²) in [5.41, 5.74) is 0. The van der Waals surface area contributed by atoms with Crippen molar-refractivity contribution in [3.63, 3.8) is 0 Å². The molecule has 0 spiro atoms. The number of thioether (sulfide) groups is 1. The van der Waals surface area contributed by atoms with Gasteiger partial charge in [0.15, 0.2) is 0 Å². The number of thiophene rings is 1. The monoisotopic (exact) mass is 416 g/mol. The van der Waals surface area contributed by atoms with Gasteiger partial charge in [0.25, 0.3) is 10.0 Å². The van der Waals surface area contributed by atoms with Crippen molar-refractivity contribution in [1.29, 1.82) is 0 Å². The summed E-state index contributed by atoms with van der Waals surface area (Å²) in [7, 11) is -1.21. The molecule has 26 heavy (non-hydrogen) atoms. The highest BCUT2D eigenvalue weighted by atomic mass is 32.2. The zero-order valence-corrected chi connectivity index (χ0v) is 16.4. The Balaban J connectivity index is 1.76. The first kappa shape index (κ1) is 18.7. The number of aromatic nitrogens is 2. The molecule has 0 unspecified atom stereocenters. The van der Waals surface area contributed by atoms with Gasteiger partial charge in [-0.3, -0.25) is 5.32 Å². The van der Waals surface area contributed by atoms with Gasteiger partial charge < -0.3 is 9.47 Å². The molecule has 1 aliphatic heterocycles. The van der Waals surface area contributed by atoms with E-state index in [9.17, 15) is 13.2 Å². The Hall–Kier alpha value is -2.05. The van der Waals surface area contributed by atoms with Gasteiger partial charge in [-0.2, -0.15) is 9.97 Å². The minimum Gasteiger partial charge on any atom is -0.481 e. The van der Waals surface area contributed by atoms with Crippen molar-refractivity contribution in [2.75, 3.05) is 25.3 Å². The van der Waals surface area contributed by atoms with E-state index in [1.807, 2.05) is 4.72 Å². The van der Waals surface area contributed by atoms with E-state index in [1.165, 1.54) is 43.4 Å². The van der Waals surface area contributed by atoms with Gasteiger partial charge in [-0.1, -0.05) is 0 Å². The number of carbonyl (C=O) groups is 1. The van der Waals surface area contributed by atoms with E-state index in [0.717, 1.165) is 28.4 Å². The smallest absolute Gasteiger partial charge is 0.335 e. The lowest BCUT2D eigenvalue weighted by molar-refractivity contribution is 0.256. The number of hydrogen-bond donors (Lipinski definition) is 2. The highest BCUT2D eigenvalue weighted by Crippen LogP contribution is 2.39. The first-order valence-electron chi connectivity index (χ1n) is 7.47. The molecular formula is C14H16N4O5S3. The maximum atomic E-state index is 12.5. The summed E-state index contributed by atoms with van der Waals surface area (Å²) >= 11 is 2.88. The van der Waals surface area contributed by atoms with E-state index in [2.05, 4.69) is 15.3 Å². The van der Waals surface area contributed by atoms with Gasteiger partial charge >= 0.3 is 6.03 Å². The third-order valence-electron chi connectivity index (χ3n) is 3.42. The lowest BCUT2D eigenvalue weighted by atomic mass is 10.3. The molecule has 0 saturated carbocycles. The Morgan fingerprint density at radius 3 is 2.58 bits per heavy atom. The Labute approximate surface area is 158 Å². The van der Waals surface area contributed by atoms with Gasteiger partial charge in [0, 0.05) is 15.2 Å². The number of amides is 2. The fraction of sp³-hybridized carbons (Fsp3) is 0.357. The van der Waals surface area contributed by atoms with Crippen LogP contribution in [0.5, 0.6) is 11.8 Å². The van der Waals surface area contributed by atoms with E-state index in [1.54, 1.807) is 5.38 Å². The van der Waals surface area contributed by atoms with Crippen molar-refractivity contribution in [1.82, 2.24) is 14.7 Å². The van der Waals surface area contributed by atoms with Gasteiger partial charge in [-0.15, -0.1) is 23.1 Å². The Bertz CT molecular complexity index is 906. The molecule has 2 N–H and O–H groups in total. The molecule has 9 nitrogen and oxygen atoms in total. The number of methoxy groups -OCH3 is 2. The summed E-state index contributed by atoms with van der Waals surface area (Å²) in [6.07, 6.45) is 1.87. The van der Waals surface area contributed by atoms with Crippen LogP contribution in [-0.4, -0.2) is 44.4 Å². The number of ether oxygens (including phenoxy) is 2. The fourth-order valence-electron chi connectivity index (χ4n) is 2.26. The Morgan fingerprint density at radius 1 is 1.23 bits per heavy atom. The minimum absolute atomic E-state index is 0.126. The molecule has 0 aliphatic carbocycles. The topological polar surface area (TPSA) is 120 Å². The molecule has 0 saturated heterocycles. The molecule has 2 aromatic rings. The standard InChI is InChI=1S/C14H16N4O5S3/c1-22-10-6-11(23-2)16-13(15-10)17-14(19)18-26(20,21)9-7-25-8-4-3-5-24-12(8)9/h6-7H,3-5H2,1-2H3,(H2,15,16,17,18,19). The molecular weight excluding hydrogens is 400 g/mol. The summed E-state index contributed by atoms with van der Waals surface area (Å²) in [5.74, 6) is 1.04. The van der Waals surface area contributed by atoms with Crippen LogP contribution in [0.15, 0.2) is 21.2 Å². The van der Waals surface area contributed by atoms with Crippen LogP contribution in [-0.2, 0) is 16.4 Å². The summed E-state index contributed by atoms with van der Waals surface area (Å²) < 4.78 is 37.0. The van der Waals surface area contributed by atoms with Gasteiger partial charge in [0.1, 0.15) is 4.90 Å². The largest absolute Gasteiger partial charge is 0.481 e. The summed E-state index contributed by atoms with van der Waals surface area (Å²) in [4.78, 5) is 21.8. The van der Waals surface area contributed by atoms with Crippen molar-refractivity contribution in [3.8, 4) is 11.8 Å². The molecule has 12 heteroatoms. The van der Waals surface area contributed by atoms with Crippen LogP contribution in [0.4, 0.5) is 10.7 Å². The quantitative estimate of drug-likeness (QED) is 0.760. The fourth-order valence-corrected chi connectivity index (χ4v) is 6.45. The average Bonchev–Trinajstić information content (AvgIpc) is 3.05. The van der Waals surface area contributed by atoms with Crippen molar-refractivity contribution < 1.29 is 22.7 Å². The number of urea groups is 1.